The lowest BCUT2D eigenvalue weighted by Crippen LogP contribution is -2.63. The average molecular weight is 310 g/mol. The van der Waals surface area contributed by atoms with Crippen molar-refractivity contribution >= 4 is 5.78 Å². The summed E-state index contributed by atoms with van der Waals surface area (Å²) in [5, 5.41) is 31.5. The van der Waals surface area contributed by atoms with Crippen LogP contribution in [0.25, 0.3) is 0 Å². The van der Waals surface area contributed by atoms with Gasteiger partial charge in [-0.15, -0.1) is 0 Å². The monoisotopic (exact) mass is 310 g/mol. The first-order valence-electron chi connectivity index (χ1n) is 8.10. The van der Waals surface area contributed by atoms with E-state index in [1.165, 1.54) is 0 Å². The molecule has 1 saturated carbocycles. The van der Waals surface area contributed by atoms with Crippen LogP contribution in [0.2, 0.25) is 0 Å². The number of fused-ring (bicyclic) bond motifs is 5. The van der Waals surface area contributed by atoms with E-state index in [0.717, 1.165) is 12.8 Å². The smallest absolute Gasteiger partial charge is 0.187 e. The number of ether oxygens (including phenoxy) is 1. The van der Waals surface area contributed by atoms with Crippen molar-refractivity contribution in [3.8, 4) is 0 Å². The first kappa shape index (κ1) is 16.1. The van der Waals surface area contributed by atoms with E-state index in [4.69, 9.17) is 4.74 Å². The molecule has 3 aliphatic rings. The molecule has 0 amide bonds. The van der Waals surface area contributed by atoms with Crippen molar-refractivity contribution in [1.82, 2.24) is 0 Å². The molecule has 2 bridgehead atoms. The Balaban J connectivity index is 2.21. The quantitative estimate of drug-likeness (QED) is 0.667. The summed E-state index contributed by atoms with van der Waals surface area (Å²) in [6, 6.07) is 0. The van der Waals surface area contributed by atoms with Crippen LogP contribution < -0.4 is 0 Å². The third-order valence-electron chi connectivity index (χ3n) is 6.26. The number of hydrogen-bond acceptors (Lipinski definition) is 5. The normalized spacial score (nSPS) is 51.8. The van der Waals surface area contributed by atoms with Gasteiger partial charge >= 0.3 is 0 Å². The zero-order valence-electron chi connectivity index (χ0n) is 13.5. The molecule has 2 fully saturated rings. The van der Waals surface area contributed by atoms with Crippen molar-refractivity contribution in [3.63, 3.8) is 0 Å². The fraction of sp³-hybridized carbons (Fsp3) is 0.824. The van der Waals surface area contributed by atoms with Crippen LogP contribution in [0.3, 0.4) is 0 Å². The van der Waals surface area contributed by atoms with Gasteiger partial charge in [-0.05, 0) is 49.2 Å². The molecule has 7 atom stereocenters. The second kappa shape index (κ2) is 5.13. The van der Waals surface area contributed by atoms with Crippen LogP contribution in [0.5, 0.6) is 0 Å². The van der Waals surface area contributed by atoms with Gasteiger partial charge in [-0.3, -0.25) is 4.79 Å². The number of rotatable bonds is 1. The van der Waals surface area contributed by atoms with Crippen molar-refractivity contribution in [2.75, 3.05) is 6.61 Å². The Morgan fingerprint density at radius 1 is 1.36 bits per heavy atom. The van der Waals surface area contributed by atoms with Gasteiger partial charge in [0.2, 0.25) is 0 Å². The van der Waals surface area contributed by atoms with E-state index in [1.807, 2.05) is 6.92 Å². The zero-order chi connectivity index (χ0) is 16.3. The summed E-state index contributed by atoms with van der Waals surface area (Å²) < 4.78 is 6.12. The van der Waals surface area contributed by atoms with Gasteiger partial charge in [0, 0.05) is 0 Å². The van der Waals surface area contributed by atoms with Gasteiger partial charge in [-0.25, -0.2) is 0 Å². The minimum absolute atomic E-state index is 0.297. The molecule has 1 heterocycles. The lowest BCUT2D eigenvalue weighted by molar-refractivity contribution is -0.192. The van der Waals surface area contributed by atoms with E-state index in [2.05, 4.69) is 6.92 Å². The topological polar surface area (TPSA) is 87.0 Å². The third-order valence-corrected chi connectivity index (χ3v) is 6.26. The summed E-state index contributed by atoms with van der Waals surface area (Å²) in [6.07, 6.45) is 0.850. The molecule has 3 N–H and O–H groups in total. The highest BCUT2D eigenvalue weighted by Crippen LogP contribution is 2.59. The van der Waals surface area contributed by atoms with Gasteiger partial charge in [-0.1, -0.05) is 13.8 Å². The number of aliphatic hydroxyl groups excluding tert-OH is 3. The number of carbonyl (C=O) groups excluding carboxylic acids is 1. The zero-order valence-corrected chi connectivity index (χ0v) is 13.5. The highest BCUT2D eigenvalue weighted by atomic mass is 16.5. The molecule has 0 aromatic heterocycles. The molecular formula is C17H26O5. The Bertz CT molecular complexity index is 515. The molecule has 124 valence electrons. The predicted octanol–water partition coefficient (Wildman–Crippen LogP) is 0.810. The highest BCUT2D eigenvalue weighted by molar-refractivity contribution is 6.00. The molecule has 5 heteroatoms. The first-order valence-corrected chi connectivity index (χ1v) is 8.10. The Morgan fingerprint density at radius 2 is 2.05 bits per heavy atom. The molecule has 2 aliphatic carbocycles. The summed E-state index contributed by atoms with van der Waals surface area (Å²) in [5.74, 6) is -0.0490. The average Bonchev–Trinajstić information content (AvgIpc) is 2.58. The van der Waals surface area contributed by atoms with Crippen LogP contribution in [0.1, 0.15) is 40.0 Å². The maximum absolute atomic E-state index is 12.4. The van der Waals surface area contributed by atoms with Gasteiger partial charge in [0.1, 0.15) is 6.10 Å². The molecule has 1 aliphatic heterocycles. The van der Waals surface area contributed by atoms with Gasteiger partial charge in [0.25, 0.3) is 0 Å². The van der Waals surface area contributed by atoms with E-state index in [0.29, 0.717) is 17.9 Å². The van der Waals surface area contributed by atoms with Crippen molar-refractivity contribution in [2.24, 2.45) is 16.7 Å². The fourth-order valence-electron chi connectivity index (χ4n) is 5.06. The Kier molecular flexibility index (Phi) is 3.76. The van der Waals surface area contributed by atoms with Gasteiger partial charge in [0.15, 0.2) is 5.78 Å². The Hall–Kier alpha value is -0.750. The molecule has 5 nitrogen and oxygen atoms in total. The maximum Gasteiger partial charge on any atom is 0.187 e. The van der Waals surface area contributed by atoms with Gasteiger partial charge in [0.05, 0.1) is 30.3 Å². The lowest BCUT2D eigenvalue weighted by Gasteiger charge is -2.55. The van der Waals surface area contributed by atoms with Gasteiger partial charge in [-0.2, -0.15) is 0 Å². The second-order valence-electron chi connectivity index (χ2n) is 7.79. The second-order valence-corrected chi connectivity index (χ2v) is 7.79. The van der Waals surface area contributed by atoms with Crippen LogP contribution in [0.15, 0.2) is 11.6 Å². The fourth-order valence-corrected chi connectivity index (χ4v) is 5.06. The summed E-state index contributed by atoms with van der Waals surface area (Å²) in [7, 11) is 0. The van der Waals surface area contributed by atoms with E-state index in [1.54, 1.807) is 13.0 Å². The minimum atomic E-state index is -1.30. The van der Waals surface area contributed by atoms with Crippen LogP contribution in [-0.4, -0.2) is 52.1 Å². The van der Waals surface area contributed by atoms with E-state index in [-0.39, 0.29) is 18.5 Å². The lowest BCUT2D eigenvalue weighted by atomic mass is 9.52. The first-order chi connectivity index (χ1) is 10.2. The Labute approximate surface area is 131 Å². The molecule has 3 rings (SSSR count). The summed E-state index contributed by atoms with van der Waals surface area (Å²) in [4.78, 5) is 12.4. The van der Waals surface area contributed by atoms with Crippen LogP contribution in [-0.2, 0) is 9.53 Å². The summed E-state index contributed by atoms with van der Waals surface area (Å²) in [6.45, 7) is 5.39. The SMILES string of the molecule is CC1=CC2O[C@H]3C[C@@H](C)C[C@](C)(C[C@H]3O)C2(CO)C(O)C1=O. The standard InChI is InChI=1S/C17H26O5/c1-9-4-12-11(19)7-16(3,6-9)17(8-18)13(22-12)5-10(2)14(20)15(17)21/h5,9,11-13,15,18-19,21H,4,6-8H2,1-3H3/t9-,11-,12+,13?,15?,16-,17?/m1/s1. The largest absolute Gasteiger partial charge is 0.396 e. The summed E-state index contributed by atoms with van der Waals surface area (Å²) in [5.41, 5.74) is -1.19. The molecule has 22 heavy (non-hydrogen) atoms. The molecular weight excluding hydrogens is 284 g/mol. The van der Waals surface area contributed by atoms with E-state index < -0.39 is 29.1 Å². The highest BCUT2D eigenvalue weighted by Gasteiger charge is 2.64. The third kappa shape index (κ3) is 1.96. The molecule has 0 aromatic carbocycles. The molecule has 0 aromatic rings. The van der Waals surface area contributed by atoms with Crippen molar-refractivity contribution in [1.29, 1.82) is 0 Å². The number of carbonyl (C=O) groups is 1. The van der Waals surface area contributed by atoms with Gasteiger partial charge < -0.3 is 20.1 Å². The molecule has 1 saturated heterocycles. The van der Waals surface area contributed by atoms with E-state index in [9.17, 15) is 20.1 Å². The van der Waals surface area contributed by atoms with Crippen molar-refractivity contribution in [2.45, 2.75) is 64.4 Å². The maximum atomic E-state index is 12.4. The Morgan fingerprint density at radius 3 is 2.68 bits per heavy atom. The number of ketones is 1. The van der Waals surface area contributed by atoms with Crippen LogP contribution in [0, 0.1) is 16.7 Å². The van der Waals surface area contributed by atoms with Crippen LogP contribution >= 0.6 is 0 Å². The number of hydrogen-bond donors (Lipinski definition) is 3. The molecule has 0 spiro atoms. The predicted molar refractivity (Wildman–Crippen MR) is 80.1 cm³/mol. The molecule has 0 radical (unpaired) electrons. The number of Topliss-reactive ketones (excluding diaryl/α,β-unsaturated/α-hetero) is 1. The van der Waals surface area contributed by atoms with E-state index >= 15 is 0 Å². The van der Waals surface area contributed by atoms with Crippen molar-refractivity contribution < 1.29 is 24.9 Å². The van der Waals surface area contributed by atoms with Crippen LogP contribution in [0.4, 0.5) is 0 Å². The number of aliphatic hydroxyl groups is 3. The summed E-state index contributed by atoms with van der Waals surface area (Å²) >= 11 is 0. The van der Waals surface area contributed by atoms with Crippen molar-refractivity contribution in [3.05, 3.63) is 11.6 Å². The molecule has 3 unspecified atom stereocenters. The minimum Gasteiger partial charge on any atom is -0.396 e.